The van der Waals surface area contributed by atoms with Gasteiger partial charge in [0.15, 0.2) is 0 Å². The number of hydrogen-bond acceptors (Lipinski definition) is 4. The van der Waals surface area contributed by atoms with E-state index >= 15 is 0 Å². The highest BCUT2D eigenvalue weighted by Gasteiger charge is 2.09. The molecule has 0 fully saturated rings. The fraction of sp³-hybridized carbons (Fsp3) is 0.667. The number of nitrogens with two attached hydrogens (primary N) is 1. The van der Waals surface area contributed by atoms with Crippen molar-refractivity contribution in [2.24, 2.45) is 17.7 Å². The SMILES string of the molecule is CC(C)CCN(CCC(C)C)c1ccnc(NN)c1. The van der Waals surface area contributed by atoms with Crippen LogP contribution in [0.4, 0.5) is 11.5 Å². The van der Waals surface area contributed by atoms with E-state index in [1.54, 1.807) is 0 Å². The molecule has 1 aromatic rings. The van der Waals surface area contributed by atoms with Gasteiger partial charge in [0, 0.05) is 31.0 Å². The minimum absolute atomic E-state index is 0.718. The number of pyridine rings is 1. The first kappa shape index (κ1) is 15.8. The second-order valence-corrected chi connectivity index (χ2v) is 5.90. The zero-order chi connectivity index (χ0) is 14.3. The summed E-state index contributed by atoms with van der Waals surface area (Å²) in [5.41, 5.74) is 3.81. The van der Waals surface area contributed by atoms with Gasteiger partial charge < -0.3 is 10.3 Å². The molecule has 0 unspecified atom stereocenters. The molecular weight excluding hydrogens is 236 g/mol. The summed E-state index contributed by atoms with van der Waals surface area (Å²) in [6, 6.07) is 4.07. The lowest BCUT2D eigenvalue weighted by Crippen LogP contribution is -2.27. The third-order valence-corrected chi connectivity index (χ3v) is 3.21. The van der Waals surface area contributed by atoms with E-state index < -0.39 is 0 Å². The minimum atomic E-state index is 0.718. The summed E-state index contributed by atoms with van der Waals surface area (Å²) in [6.45, 7) is 11.2. The predicted octanol–water partition coefficient (Wildman–Crippen LogP) is 3.27. The van der Waals surface area contributed by atoms with Crippen molar-refractivity contribution in [2.75, 3.05) is 23.4 Å². The molecule has 0 radical (unpaired) electrons. The van der Waals surface area contributed by atoms with Gasteiger partial charge in [-0.2, -0.15) is 0 Å². The number of nitrogens with one attached hydrogen (secondary N) is 1. The second-order valence-electron chi connectivity index (χ2n) is 5.90. The molecule has 0 aliphatic heterocycles. The van der Waals surface area contributed by atoms with E-state index in [1.807, 2.05) is 12.3 Å². The molecule has 19 heavy (non-hydrogen) atoms. The van der Waals surface area contributed by atoms with Crippen LogP contribution in [0.25, 0.3) is 0 Å². The Morgan fingerprint density at radius 3 is 2.21 bits per heavy atom. The standard InChI is InChI=1S/C15H28N4/c1-12(2)6-9-19(10-7-13(3)4)14-5-8-17-15(11-14)18-16/h5,8,11-13H,6-7,9-10,16H2,1-4H3,(H,17,18). The summed E-state index contributed by atoms with van der Waals surface area (Å²) in [7, 11) is 0. The van der Waals surface area contributed by atoms with E-state index in [-0.39, 0.29) is 0 Å². The van der Waals surface area contributed by atoms with Crippen LogP contribution in [-0.2, 0) is 0 Å². The summed E-state index contributed by atoms with van der Waals surface area (Å²) in [5.74, 6) is 7.59. The largest absolute Gasteiger partial charge is 0.371 e. The zero-order valence-corrected chi connectivity index (χ0v) is 12.7. The van der Waals surface area contributed by atoms with Gasteiger partial charge in [0.1, 0.15) is 5.82 Å². The minimum Gasteiger partial charge on any atom is -0.371 e. The van der Waals surface area contributed by atoms with Gasteiger partial charge in [-0.15, -0.1) is 0 Å². The summed E-state index contributed by atoms with van der Waals surface area (Å²) < 4.78 is 0. The fourth-order valence-corrected chi connectivity index (χ4v) is 1.89. The molecule has 1 aromatic heterocycles. The van der Waals surface area contributed by atoms with Crippen LogP contribution >= 0.6 is 0 Å². The molecule has 0 atom stereocenters. The summed E-state index contributed by atoms with van der Waals surface area (Å²) in [5, 5.41) is 0. The van der Waals surface area contributed by atoms with Crippen LogP contribution in [0, 0.1) is 11.8 Å². The molecule has 0 amide bonds. The van der Waals surface area contributed by atoms with Gasteiger partial charge in [0.25, 0.3) is 0 Å². The molecule has 4 heteroatoms. The highest BCUT2D eigenvalue weighted by molar-refractivity contribution is 5.53. The smallest absolute Gasteiger partial charge is 0.141 e. The fourth-order valence-electron chi connectivity index (χ4n) is 1.89. The summed E-state index contributed by atoms with van der Waals surface area (Å²) in [6.07, 6.45) is 4.21. The van der Waals surface area contributed by atoms with Crippen LogP contribution in [-0.4, -0.2) is 18.1 Å². The molecular formula is C15H28N4. The molecule has 0 bridgehead atoms. The van der Waals surface area contributed by atoms with Crippen LogP contribution < -0.4 is 16.2 Å². The van der Waals surface area contributed by atoms with E-state index in [4.69, 9.17) is 5.84 Å². The van der Waals surface area contributed by atoms with Crippen LogP contribution in [0.1, 0.15) is 40.5 Å². The lowest BCUT2D eigenvalue weighted by Gasteiger charge is -2.26. The highest BCUT2D eigenvalue weighted by atomic mass is 15.2. The number of nitrogen functional groups attached to an aromatic ring is 1. The second kappa shape index (κ2) is 8.00. The van der Waals surface area contributed by atoms with Gasteiger partial charge in [-0.3, -0.25) is 0 Å². The first-order valence-corrected chi connectivity index (χ1v) is 7.20. The van der Waals surface area contributed by atoms with E-state index in [0.717, 1.165) is 30.7 Å². The van der Waals surface area contributed by atoms with Crippen molar-refractivity contribution in [1.29, 1.82) is 0 Å². The van der Waals surface area contributed by atoms with Gasteiger partial charge in [-0.1, -0.05) is 27.7 Å². The normalized spacial score (nSPS) is 11.1. The molecule has 1 heterocycles. The summed E-state index contributed by atoms with van der Waals surface area (Å²) in [4.78, 5) is 6.60. The maximum atomic E-state index is 5.43. The van der Waals surface area contributed by atoms with Crippen molar-refractivity contribution < 1.29 is 0 Å². The molecule has 0 aromatic carbocycles. The molecule has 4 nitrogen and oxygen atoms in total. The van der Waals surface area contributed by atoms with Crippen LogP contribution in [0.15, 0.2) is 18.3 Å². The quantitative estimate of drug-likeness (QED) is 0.559. The van der Waals surface area contributed by atoms with Crippen LogP contribution in [0.2, 0.25) is 0 Å². The number of aromatic nitrogens is 1. The average molecular weight is 264 g/mol. The molecule has 3 N–H and O–H groups in total. The van der Waals surface area contributed by atoms with Crippen LogP contribution in [0.3, 0.4) is 0 Å². The van der Waals surface area contributed by atoms with Gasteiger partial charge >= 0.3 is 0 Å². The third kappa shape index (κ3) is 5.92. The molecule has 108 valence electrons. The Labute approximate surface area is 117 Å². The zero-order valence-electron chi connectivity index (χ0n) is 12.7. The van der Waals surface area contributed by atoms with Crippen molar-refractivity contribution in [3.63, 3.8) is 0 Å². The molecule has 0 saturated heterocycles. The maximum Gasteiger partial charge on any atom is 0.141 e. The monoisotopic (exact) mass is 264 g/mol. The number of hydrogen-bond donors (Lipinski definition) is 2. The number of nitrogens with zero attached hydrogens (tertiary/aromatic N) is 2. The first-order valence-electron chi connectivity index (χ1n) is 7.20. The molecule has 0 aliphatic rings. The van der Waals surface area contributed by atoms with E-state index in [1.165, 1.54) is 18.5 Å². The molecule has 0 aliphatic carbocycles. The van der Waals surface area contributed by atoms with Crippen molar-refractivity contribution in [2.45, 2.75) is 40.5 Å². The predicted molar refractivity (Wildman–Crippen MR) is 83.2 cm³/mol. The Bertz CT molecular complexity index is 351. The van der Waals surface area contributed by atoms with Gasteiger partial charge in [0.2, 0.25) is 0 Å². The maximum absolute atomic E-state index is 5.43. The third-order valence-electron chi connectivity index (χ3n) is 3.21. The summed E-state index contributed by atoms with van der Waals surface area (Å²) >= 11 is 0. The Morgan fingerprint density at radius 2 is 1.74 bits per heavy atom. The Morgan fingerprint density at radius 1 is 1.16 bits per heavy atom. The highest BCUT2D eigenvalue weighted by Crippen LogP contribution is 2.19. The van der Waals surface area contributed by atoms with Crippen molar-refractivity contribution in [3.8, 4) is 0 Å². The Kier molecular flexibility index (Phi) is 6.64. The van der Waals surface area contributed by atoms with Crippen LogP contribution in [0.5, 0.6) is 0 Å². The van der Waals surface area contributed by atoms with E-state index in [9.17, 15) is 0 Å². The first-order chi connectivity index (χ1) is 9.02. The van der Waals surface area contributed by atoms with Crippen molar-refractivity contribution in [3.05, 3.63) is 18.3 Å². The molecule has 1 rings (SSSR count). The lowest BCUT2D eigenvalue weighted by atomic mass is 10.1. The lowest BCUT2D eigenvalue weighted by molar-refractivity contribution is 0.535. The van der Waals surface area contributed by atoms with Gasteiger partial charge in [-0.05, 0) is 30.7 Å². The Hall–Kier alpha value is -1.29. The van der Waals surface area contributed by atoms with Crippen molar-refractivity contribution in [1.82, 2.24) is 4.98 Å². The van der Waals surface area contributed by atoms with Crippen molar-refractivity contribution >= 4 is 11.5 Å². The number of rotatable bonds is 8. The van der Waals surface area contributed by atoms with E-state index in [0.29, 0.717) is 0 Å². The molecule has 0 spiro atoms. The number of anilines is 2. The van der Waals surface area contributed by atoms with Gasteiger partial charge in [-0.25, -0.2) is 10.8 Å². The van der Waals surface area contributed by atoms with E-state index in [2.05, 4.69) is 49.1 Å². The number of hydrazine groups is 1. The topological polar surface area (TPSA) is 54.2 Å². The molecule has 0 saturated carbocycles. The average Bonchev–Trinajstić information content (AvgIpc) is 2.38. The van der Waals surface area contributed by atoms with Gasteiger partial charge in [0.05, 0.1) is 0 Å². The Balaban J connectivity index is 2.74.